The van der Waals surface area contributed by atoms with E-state index in [0.717, 1.165) is 5.56 Å². The number of rotatable bonds is 6. The van der Waals surface area contributed by atoms with Crippen LogP contribution in [0.1, 0.15) is 65.4 Å². The van der Waals surface area contributed by atoms with Crippen molar-refractivity contribution in [2.75, 3.05) is 6.54 Å². The van der Waals surface area contributed by atoms with Crippen LogP contribution < -0.4 is 0 Å². The van der Waals surface area contributed by atoms with E-state index in [9.17, 15) is 19.5 Å². The van der Waals surface area contributed by atoms with Crippen molar-refractivity contribution in [2.24, 2.45) is 4.99 Å². The molecule has 0 amide bonds. The number of hydrogen-bond acceptors (Lipinski definition) is 7. The SMILES string of the molecule is O=C(O)CN=C1CCCC(=O)/C1=C(\O)CCc1noc2c1C(=O)CC(c1ccccc1)C2. The Morgan fingerprint density at radius 1 is 1.09 bits per heavy atom. The number of allylic oxidation sites excluding steroid dienone is 2. The third-order valence-corrected chi connectivity index (χ3v) is 5.92. The summed E-state index contributed by atoms with van der Waals surface area (Å²) in [6, 6.07) is 9.81. The maximum atomic E-state index is 12.8. The van der Waals surface area contributed by atoms with E-state index in [1.807, 2.05) is 30.3 Å². The van der Waals surface area contributed by atoms with Crippen LogP contribution in [0.3, 0.4) is 0 Å². The molecular weight excluding hydrogens is 412 g/mol. The van der Waals surface area contributed by atoms with E-state index in [4.69, 9.17) is 9.63 Å². The fourth-order valence-corrected chi connectivity index (χ4v) is 4.41. The number of hydrogen-bond donors (Lipinski definition) is 2. The molecule has 0 saturated heterocycles. The lowest BCUT2D eigenvalue weighted by molar-refractivity contribution is -0.135. The van der Waals surface area contributed by atoms with Gasteiger partial charge in [-0.3, -0.25) is 19.4 Å². The number of ketones is 2. The summed E-state index contributed by atoms with van der Waals surface area (Å²) >= 11 is 0. The standard InChI is InChI=1S/C24H24N2O6/c27-18-8-4-7-16(25-13-22(30)31)23(18)19(28)10-9-17-24-20(29)11-15(12-21(24)32-26-17)14-5-2-1-3-6-14/h1-3,5-6,15,28H,4,7-13H2,(H,30,31)/b23-19-,25-16?. The maximum absolute atomic E-state index is 12.8. The largest absolute Gasteiger partial charge is 0.511 e. The number of aryl methyl sites for hydroxylation is 1. The highest BCUT2D eigenvalue weighted by atomic mass is 16.5. The summed E-state index contributed by atoms with van der Waals surface area (Å²) in [4.78, 5) is 40.1. The van der Waals surface area contributed by atoms with Gasteiger partial charge in [-0.2, -0.15) is 0 Å². The van der Waals surface area contributed by atoms with E-state index in [1.54, 1.807) is 0 Å². The Labute approximate surface area is 184 Å². The minimum absolute atomic E-state index is 0.0408. The molecule has 32 heavy (non-hydrogen) atoms. The number of aromatic nitrogens is 1. The van der Waals surface area contributed by atoms with Gasteiger partial charge in [0.1, 0.15) is 18.1 Å². The van der Waals surface area contributed by atoms with Crippen molar-refractivity contribution in [2.45, 2.75) is 50.9 Å². The van der Waals surface area contributed by atoms with Crippen LogP contribution in [0.25, 0.3) is 0 Å². The first-order chi connectivity index (χ1) is 15.4. The molecule has 8 nitrogen and oxygen atoms in total. The second kappa shape index (κ2) is 9.30. The summed E-state index contributed by atoms with van der Waals surface area (Å²) in [5, 5.41) is 23.6. The smallest absolute Gasteiger partial charge is 0.325 e. The average molecular weight is 436 g/mol. The first kappa shape index (κ1) is 21.7. The number of nitrogens with zero attached hydrogens (tertiary/aromatic N) is 2. The lowest BCUT2D eigenvalue weighted by Crippen LogP contribution is -2.22. The van der Waals surface area contributed by atoms with Gasteiger partial charge in [-0.15, -0.1) is 0 Å². The van der Waals surface area contributed by atoms with Crippen LogP contribution in [0.2, 0.25) is 0 Å². The molecule has 2 aliphatic carbocycles. The van der Waals surface area contributed by atoms with Crippen LogP contribution in [0, 0.1) is 0 Å². The van der Waals surface area contributed by atoms with Gasteiger partial charge in [0.2, 0.25) is 0 Å². The van der Waals surface area contributed by atoms with E-state index < -0.39 is 12.5 Å². The summed E-state index contributed by atoms with van der Waals surface area (Å²) < 4.78 is 5.47. The van der Waals surface area contributed by atoms with Crippen LogP contribution in [-0.4, -0.2) is 45.2 Å². The number of benzene rings is 1. The highest BCUT2D eigenvalue weighted by Gasteiger charge is 2.33. The molecule has 1 saturated carbocycles. The van der Waals surface area contributed by atoms with Gasteiger partial charge in [0.05, 0.1) is 16.8 Å². The highest BCUT2D eigenvalue weighted by molar-refractivity contribution is 6.24. The van der Waals surface area contributed by atoms with Crippen molar-refractivity contribution in [3.05, 3.63) is 64.2 Å². The van der Waals surface area contributed by atoms with Crippen LogP contribution in [-0.2, 0) is 22.4 Å². The van der Waals surface area contributed by atoms with Crippen LogP contribution in [0.5, 0.6) is 0 Å². The van der Waals surface area contributed by atoms with Gasteiger partial charge in [-0.05, 0) is 24.3 Å². The second-order valence-corrected chi connectivity index (χ2v) is 8.12. The normalized spacial score (nSPS) is 21.5. The summed E-state index contributed by atoms with van der Waals surface area (Å²) in [7, 11) is 0. The zero-order valence-electron chi connectivity index (χ0n) is 17.5. The molecule has 1 unspecified atom stereocenters. The van der Waals surface area contributed by atoms with Crippen molar-refractivity contribution in [1.82, 2.24) is 5.16 Å². The lowest BCUT2D eigenvalue weighted by Gasteiger charge is -2.20. The van der Waals surface area contributed by atoms with Crippen molar-refractivity contribution < 1.29 is 29.1 Å². The molecule has 8 heteroatoms. The molecule has 0 bridgehead atoms. The van der Waals surface area contributed by atoms with Gasteiger partial charge in [0, 0.05) is 37.8 Å². The molecule has 1 heterocycles. The van der Waals surface area contributed by atoms with E-state index in [-0.39, 0.29) is 48.1 Å². The molecule has 2 N–H and O–H groups in total. The predicted molar refractivity (Wildman–Crippen MR) is 115 cm³/mol. The second-order valence-electron chi connectivity index (χ2n) is 8.12. The van der Waals surface area contributed by atoms with E-state index in [1.165, 1.54) is 0 Å². The first-order valence-electron chi connectivity index (χ1n) is 10.7. The average Bonchev–Trinajstić information content (AvgIpc) is 3.20. The molecule has 166 valence electrons. The molecule has 1 fully saturated rings. The predicted octanol–water partition coefficient (Wildman–Crippen LogP) is 3.61. The molecule has 1 aromatic heterocycles. The Morgan fingerprint density at radius 3 is 2.62 bits per heavy atom. The topological polar surface area (TPSA) is 130 Å². The Kier molecular flexibility index (Phi) is 6.30. The zero-order valence-corrected chi connectivity index (χ0v) is 17.5. The molecular formula is C24H24N2O6. The van der Waals surface area contributed by atoms with Crippen molar-refractivity contribution in [3.8, 4) is 0 Å². The first-order valence-corrected chi connectivity index (χ1v) is 10.7. The molecule has 1 aromatic carbocycles. The lowest BCUT2D eigenvalue weighted by atomic mass is 9.81. The Bertz CT molecular complexity index is 1110. The number of aliphatic hydroxyl groups excluding tert-OH is 1. The minimum atomic E-state index is -1.10. The minimum Gasteiger partial charge on any atom is -0.511 e. The number of carboxylic acids is 1. The van der Waals surface area contributed by atoms with Crippen LogP contribution >= 0.6 is 0 Å². The molecule has 2 aromatic rings. The van der Waals surface area contributed by atoms with Crippen LogP contribution in [0.4, 0.5) is 0 Å². The fraction of sp³-hybridized carbons (Fsp3) is 0.375. The zero-order chi connectivity index (χ0) is 22.7. The van der Waals surface area contributed by atoms with Gasteiger partial charge in [-0.1, -0.05) is 35.5 Å². The maximum Gasteiger partial charge on any atom is 0.325 e. The van der Waals surface area contributed by atoms with Crippen LogP contribution in [0.15, 0.2) is 51.2 Å². The van der Waals surface area contributed by atoms with Crippen molar-refractivity contribution in [3.63, 3.8) is 0 Å². The molecule has 1 atom stereocenters. The number of carbonyl (C=O) groups excluding carboxylic acids is 2. The van der Waals surface area contributed by atoms with Crippen molar-refractivity contribution >= 4 is 23.2 Å². The summed E-state index contributed by atoms with van der Waals surface area (Å²) in [5.41, 5.74) is 2.45. The summed E-state index contributed by atoms with van der Waals surface area (Å²) in [6.07, 6.45) is 2.55. The number of carboxylic acid groups (broad SMARTS) is 1. The number of Topliss-reactive ketones (excluding diaryl/α,β-unsaturated/α-hetero) is 2. The molecule has 0 spiro atoms. The Morgan fingerprint density at radius 2 is 1.88 bits per heavy atom. The molecule has 2 aliphatic rings. The molecule has 0 aliphatic heterocycles. The summed E-state index contributed by atoms with van der Waals surface area (Å²) in [5.74, 6) is -0.949. The van der Waals surface area contributed by atoms with E-state index in [2.05, 4.69) is 10.1 Å². The van der Waals surface area contributed by atoms with Gasteiger partial charge in [0.15, 0.2) is 11.6 Å². The number of carbonyl (C=O) groups is 3. The Balaban J connectivity index is 1.52. The van der Waals surface area contributed by atoms with E-state index in [0.29, 0.717) is 48.4 Å². The van der Waals surface area contributed by atoms with Crippen molar-refractivity contribution in [1.29, 1.82) is 0 Å². The summed E-state index contributed by atoms with van der Waals surface area (Å²) in [6.45, 7) is -0.451. The third kappa shape index (κ3) is 4.54. The van der Waals surface area contributed by atoms with Gasteiger partial charge < -0.3 is 14.7 Å². The fourth-order valence-electron chi connectivity index (χ4n) is 4.41. The highest BCUT2D eigenvalue weighted by Crippen LogP contribution is 2.35. The van der Waals surface area contributed by atoms with Gasteiger partial charge in [0.25, 0.3) is 0 Å². The number of aliphatic imine (C=N–C) groups is 1. The number of aliphatic carboxylic acids is 1. The van der Waals surface area contributed by atoms with E-state index >= 15 is 0 Å². The van der Waals surface area contributed by atoms with Gasteiger partial charge in [-0.25, -0.2) is 0 Å². The number of fused-ring (bicyclic) bond motifs is 1. The number of aliphatic hydroxyl groups is 1. The Hall–Kier alpha value is -3.55. The monoisotopic (exact) mass is 436 g/mol. The molecule has 4 rings (SSSR count). The third-order valence-electron chi connectivity index (χ3n) is 5.92. The quantitative estimate of drug-likeness (QED) is 0.522. The molecule has 0 radical (unpaired) electrons. The van der Waals surface area contributed by atoms with Gasteiger partial charge >= 0.3 is 5.97 Å².